The molecule has 0 radical (unpaired) electrons. The molecule has 0 aliphatic rings. The summed E-state index contributed by atoms with van der Waals surface area (Å²) in [7, 11) is 0. The molecular weight excluding hydrogens is 280 g/mol. The molecule has 0 aliphatic carbocycles. The lowest BCUT2D eigenvalue weighted by molar-refractivity contribution is -0.282. The molecule has 0 aromatic carbocycles. The minimum atomic E-state index is -0.536. The smallest absolute Gasteiger partial charge is 0.317 e. The summed E-state index contributed by atoms with van der Waals surface area (Å²) >= 11 is 0. The summed E-state index contributed by atoms with van der Waals surface area (Å²) in [6.45, 7) is 11.0. The molecule has 0 amide bonds. The summed E-state index contributed by atoms with van der Waals surface area (Å²) in [5, 5.41) is 0. The average Bonchev–Trinajstić information content (AvgIpc) is 2.40. The van der Waals surface area contributed by atoms with Gasteiger partial charge in [0.15, 0.2) is 0 Å². The molecule has 0 rings (SSSR count). The van der Waals surface area contributed by atoms with Crippen LogP contribution in [0.25, 0.3) is 0 Å². The first-order valence-electron chi connectivity index (χ1n) is 7.21. The van der Waals surface area contributed by atoms with Gasteiger partial charge in [0, 0.05) is 19.8 Å². The van der Waals surface area contributed by atoms with Gasteiger partial charge in [-0.15, -0.1) is 0 Å². The minimum Gasteiger partial charge on any atom is -0.466 e. The Hall–Kier alpha value is -1.18. The van der Waals surface area contributed by atoms with Gasteiger partial charge in [-0.05, 0) is 34.6 Å². The van der Waals surface area contributed by atoms with Crippen LogP contribution in [0.15, 0.2) is 0 Å². The highest BCUT2D eigenvalue weighted by atomic mass is 16.8. The maximum absolute atomic E-state index is 10.6. The van der Waals surface area contributed by atoms with Gasteiger partial charge in [0.2, 0.25) is 0 Å². The monoisotopic (exact) mass is 308 g/mol. The van der Waals surface area contributed by atoms with Crippen LogP contribution in [-0.2, 0) is 33.3 Å². The fourth-order valence-corrected chi connectivity index (χ4v) is 1.09. The molecule has 126 valence electrons. The van der Waals surface area contributed by atoms with Crippen LogP contribution in [0.3, 0.4) is 0 Å². The molecule has 21 heavy (non-hydrogen) atoms. The normalized spacial score (nSPS) is 9.81. The Labute approximate surface area is 126 Å². The number of hydrogen-bond donors (Lipinski definition) is 0. The minimum absolute atomic E-state index is 0.290. The van der Waals surface area contributed by atoms with Gasteiger partial charge in [-0.1, -0.05) is 0 Å². The van der Waals surface area contributed by atoms with Crippen molar-refractivity contribution in [1.82, 2.24) is 0 Å². The Morgan fingerprint density at radius 2 is 1.00 bits per heavy atom. The van der Waals surface area contributed by atoms with Gasteiger partial charge >= 0.3 is 11.9 Å². The topological polar surface area (TPSA) is 80.3 Å². The van der Waals surface area contributed by atoms with Crippen LogP contribution in [0, 0.1) is 0 Å². The van der Waals surface area contributed by atoms with Gasteiger partial charge in [0.1, 0.15) is 6.42 Å². The van der Waals surface area contributed by atoms with Crippen LogP contribution >= 0.6 is 0 Å². The molecule has 0 heterocycles. The second kappa shape index (κ2) is 16.9. The lowest BCUT2D eigenvalue weighted by atomic mass is 10.4. The second-order valence-corrected chi connectivity index (χ2v) is 3.44. The molecule has 0 fully saturated rings. The van der Waals surface area contributed by atoms with E-state index in [2.05, 4.69) is 9.47 Å². The molecule has 0 aromatic heterocycles. The fourth-order valence-electron chi connectivity index (χ4n) is 1.09. The summed E-state index contributed by atoms with van der Waals surface area (Å²) in [5.74, 6) is -1.07. The van der Waals surface area contributed by atoms with E-state index in [1.165, 1.54) is 0 Å². The molecule has 7 heteroatoms. The zero-order valence-electron chi connectivity index (χ0n) is 13.7. The van der Waals surface area contributed by atoms with Crippen molar-refractivity contribution in [1.29, 1.82) is 0 Å². The lowest BCUT2D eigenvalue weighted by Gasteiger charge is -2.15. The average molecular weight is 308 g/mol. The van der Waals surface area contributed by atoms with Crippen LogP contribution in [0.5, 0.6) is 0 Å². The summed E-state index contributed by atoms with van der Waals surface area (Å²) in [6.07, 6.45) is -0.290. The van der Waals surface area contributed by atoms with E-state index in [1.54, 1.807) is 13.8 Å². The predicted octanol–water partition coefficient (Wildman–Crippen LogP) is 1.88. The number of rotatable bonds is 10. The molecule has 0 saturated heterocycles. The second-order valence-electron chi connectivity index (χ2n) is 3.44. The van der Waals surface area contributed by atoms with Crippen molar-refractivity contribution in [3.05, 3.63) is 0 Å². The van der Waals surface area contributed by atoms with Crippen molar-refractivity contribution in [2.75, 3.05) is 33.0 Å². The number of carbonyl (C=O) groups excluding carboxylic acids is 2. The number of esters is 2. The van der Waals surface area contributed by atoms with E-state index in [9.17, 15) is 9.59 Å². The first-order chi connectivity index (χ1) is 10.0. The van der Waals surface area contributed by atoms with Crippen LogP contribution in [0.4, 0.5) is 0 Å². The van der Waals surface area contributed by atoms with E-state index < -0.39 is 18.4 Å². The molecule has 0 aromatic rings. The Balaban J connectivity index is 0. The van der Waals surface area contributed by atoms with Crippen LogP contribution in [-0.4, -0.2) is 51.4 Å². The highest BCUT2D eigenvalue weighted by Crippen LogP contribution is 1.96. The maximum Gasteiger partial charge on any atom is 0.317 e. The molecule has 0 aliphatic heterocycles. The van der Waals surface area contributed by atoms with E-state index in [4.69, 9.17) is 14.2 Å². The maximum atomic E-state index is 10.6. The van der Waals surface area contributed by atoms with Crippen molar-refractivity contribution in [2.24, 2.45) is 0 Å². The first kappa shape index (κ1) is 22.1. The van der Waals surface area contributed by atoms with Crippen LogP contribution in [0.2, 0.25) is 0 Å². The van der Waals surface area contributed by atoms with Crippen molar-refractivity contribution >= 4 is 11.9 Å². The summed E-state index contributed by atoms with van der Waals surface area (Å²) < 4.78 is 24.3. The van der Waals surface area contributed by atoms with Crippen LogP contribution < -0.4 is 0 Å². The summed E-state index contributed by atoms with van der Waals surface area (Å²) in [5.41, 5.74) is 0. The summed E-state index contributed by atoms with van der Waals surface area (Å²) in [4.78, 5) is 21.2. The molecule has 0 bridgehead atoms. The Morgan fingerprint density at radius 1 is 0.667 bits per heavy atom. The number of hydrogen-bond acceptors (Lipinski definition) is 7. The van der Waals surface area contributed by atoms with Gasteiger partial charge in [-0.3, -0.25) is 9.59 Å². The highest BCUT2D eigenvalue weighted by Gasteiger charge is 2.09. The van der Waals surface area contributed by atoms with E-state index in [0.717, 1.165) is 0 Å². The Morgan fingerprint density at radius 3 is 1.24 bits per heavy atom. The van der Waals surface area contributed by atoms with E-state index in [1.807, 2.05) is 20.8 Å². The SMILES string of the molecule is CCOC(=O)CC(=O)OCC.CCOC(OCC)OCC. The highest BCUT2D eigenvalue weighted by molar-refractivity contribution is 5.91. The van der Waals surface area contributed by atoms with E-state index in [0.29, 0.717) is 19.8 Å². The molecule has 0 saturated carbocycles. The molecule has 0 N–H and O–H groups in total. The van der Waals surface area contributed by atoms with E-state index in [-0.39, 0.29) is 19.6 Å². The van der Waals surface area contributed by atoms with Gasteiger partial charge in [-0.25, -0.2) is 0 Å². The van der Waals surface area contributed by atoms with Crippen molar-refractivity contribution in [3.63, 3.8) is 0 Å². The van der Waals surface area contributed by atoms with Gasteiger partial charge in [0.25, 0.3) is 6.48 Å². The third kappa shape index (κ3) is 16.8. The number of ether oxygens (including phenoxy) is 5. The molecule has 7 nitrogen and oxygen atoms in total. The van der Waals surface area contributed by atoms with Crippen molar-refractivity contribution in [2.45, 2.75) is 47.5 Å². The Bertz CT molecular complexity index is 225. The summed E-state index contributed by atoms with van der Waals surface area (Å²) in [6, 6.07) is 0. The standard InChI is InChI=1S/C7H12O4.C7H16O3/c1-3-10-6(8)5-7(9)11-4-2;1-4-8-7(9-5-2)10-6-3/h3-5H2,1-2H3;7H,4-6H2,1-3H3. The zero-order chi connectivity index (χ0) is 16.5. The van der Waals surface area contributed by atoms with Crippen molar-refractivity contribution < 1.29 is 33.3 Å². The molecule has 0 unspecified atom stereocenters. The molecule has 0 atom stereocenters. The fraction of sp³-hybridized carbons (Fsp3) is 0.857. The van der Waals surface area contributed by atoms with Crippen molar-refractivity contribution in [3.8, 4) is 0 Å². The molecular formula is C14H28O7. The first-order valence-corrected chi connectivity index (χ1v) is 7.21. The largest absolute Gasteiger partial charge is 0.466 e. The van der Waals surface area contributed by atoms with Gasteiger partial charge in [-0.2, -0.15) is 0 Å². The van der Waals surface area contributed by atoms with Crippen LogP contribution in [0.1, 0.15) is 41.0 Å². The van der Waals surface area contributed by atoms with E-state index >= 15 is 0 Å². The quantitative estimate of drug-likeness (QED) is 0.346. The predicted molar refractivity (Wildman–Crippen MR) is 76.5 cm³/mol. The lowest BCUT2D eigenvalue weighted by Crippen LogP contribution is -2.20. The van der Waals surface area contributed by atoms with Gasteiger partial charge < -0.3 is 23.7 Å². The van der Waals surface area contributed by atoms with Gasteiger partial charge in [0.05, 0.1) is 13.2 Å². The number of carbonyl (C=O) groups is 2. The third-order valence-corrected chi connectivity index (χ3v) is 1.81. The zero-order valence-corrected chi connectivity index (χ0v) is 13.7. The third-order valence-electron chi connectivity index (χ3n) is 1.81. The molecule has 0 spiro atoms. The Kier molecular flexibility index (Phi) is 17.8.